The number of amides is 1. The van der Waals surface area contributed by atoms with E-state index in [0.717, 1.165) is 25.2 Å². The van der Waals surface area contributed by atoms with E-state index in [0.29, 0.717) is 5.56 Å². The Hall–Kier alpha value is -1.88. The molecule has 114 valence electrons. The van der Waals surface area contributed by atoms with Crippen molar-refractivity contribution in [2.45, 2.75) is 39.4 Å². The molecule has 0 bridgehead atoms. The number of nitrogens with zero attached hydrogens (tertiary/aromatic N) is 2. The monoisotopic (exact) mass is 290 g/mol. The predicted octanol–water partition coefficient (Wildman–Crippen LogP) is 1.83. The highest BCUT2D eigenvalue weighted by molar-refractivity contribution is 5.87. The Morgan fingerprint density at radius 1 is 1.14 bits per heavy atom. The zero-order valence-electron chi connectivity index (χ0n) is 12.7. The van der Waals surface area contributed by atoms with Crippen molar-refractivity contribution < 1.29 is 14.7 Å². The number of carbonyl (C=O) groups is 2. The second-order valence-corrected chi connectivity index (χ2v) is 5.82. The van der Waals surface area contributed by atoms with Gasteiger partial charge in [0, 0.05) is 38.6 Å². The highest BCUT2D eigenvalue weighted by Gasteiger charge is 2.30. The van der Waals surface area contributed by atoms with E-state index in [1.54, 1.807) is 19.1 Å². The molecule has 1 aliphatic heterocycles. The molecule has 2 rings (SSSR count). The molecule has 5 nitrogen and oxygen atoms in total. The number of piperazine rings is 1. The molecule has 0 saturated carbocycles. The fourth-order valence-corrected chi connectivity index (χ4v) is 3.19. The van der Waals surface area contributed by atoms with Crippen molar-refractivity contribution in [3.8, 4) is 0 Å². The SMILES string of the molecule is CC(=O)N1[C@H](C)CN(Cc2ccc(C(=O)O)cc2)C[C@@H]1C. The molecule has 5 heteroatoms. The van der Waals surface area contributed by atoms with Crippen molar-refractivity contribution in [1.29, 1.82) is 0 Å². The van der Waals surface area contributed by atoms with Crippen LogP contribution < -0.4 is 0 Å². The average Bonchev–Trinajstić information content (AvgIpc) is 2.37. The minimum absolute atomic E-state index is 0.125. The van der Waals surface area contributed by atoms with Gasteiger partial charge in [-0.05, 0) is 31.5 Å². The third-order valence-electron chi connectivity index (χ3n) is 3.97. The summed E-state index contributed by atoms with van der Waals surface area (Å²) in [5.41, 5.74) is 1.40. The number of carbonyl (C=O) groups excluding carboxylic acids is 1. The van der Waals surface area contributed by atoms with Gasteiger partial charge in [0.2, 0.25) is 5.91 Å². The van der Waals surface area contributed by atoms with E-state index in [-0.39, 0.29) is 18.0 Å². The molecule has 1 aliphatic rings. The Balaban J connectivity index is 2.01. The molecule has 0 aromatic heterocycles. The molecule has 21 heavy (non-hydrogen) atoms. The lowest BCUT2D eigenvalue weighted by molar-refractivity contribution is -0.136. The lowest BCUT2D eigenvalue weighted by atomic mass is 10.1. The largest absolute Gasteiger partial charge is 0.478 e. The van der Waals surface area contributed by atoms with Crippen molar-refractivity contribution in [2.75, 3.05) is 13.1 Å². The summed E-state index contributed by atoms with van der Waals surface area (Å²) >= 11 is 0. The van der Waals surface area contributed by atoms with Crippen molar-refractivity contribution >= 4 is 11.9 Å². The van der Waals surface area contributed by atoms with Crippen LogP contribution in [-0.2, 0) is 11.3 Å². The van der Waals surface area contributed by atoms with Crippen LogP contribution in [-0.4, -0.2) is 52.0 Å². The number of aromatic carboxylic acids is 1. The van der Waals surface area contributed by atoms with Gasteiger partial charge in [0.15, 0.2) is 0 Å². The maximum atomic E-state index is 11.6. The van der Waals surface area contributed by atoms with Crippen molar-refractivity contribution in [3.05, 3.63) is 35.4 Å². The van der Waals surface area contributed by atoms with Crippen molar-refractivity contribution in [3.63, 3.8) is 0 Å². The van der Waals surface area contributed by atoms with E-state index in [1.807, 2.05) is 17.0 Å². The topological polar surface area (TPSA) is 60.9 Å². The van der Waals surface area contributed by atoms with Gasteiger partial charge in [0.1, 0.15) is 0 Å². The maximum Gasteiger partial charge on any atom is 0.335 e. The number of benzene rings is 1. The highest BCUT2D eigenvalue weighted by Crippen LogP contribution is 2.18. The number of hydrogen-bond donors (Lipinski definition) is 1. The molecule has 1 saturated heterocycles. The molecule has 1 amide bonds. The van der Waals surface area contributed by atoms with Gasteiger partial charge in [-0.15, -0.1) is 0 Å². The summed E-state index contributed by atoms with van der Waals surface area (Å²) in [5.74, 6) is -0.778. The molecule has 1 heterocycles. The molecule has 0 radical (unpaired) electrons. The number of hydrogen-bond acceptors (Lipinski definition) is 3. The Kier molecular flexibility index (Phi) is 4.63. The second kappa shape index (κ2) is 6.26. The zero-order valence-corrected chi connectivity index (χ0v) is 12.7. The number of rotatable bonds is 3. The molecule has 1 aromatic carbocycles. The summed E-state index contributed by atoms with van der Waals surface area (Å²) in [7, 11) is 0. The summed E-state index contributed by atoms with van der Waals surface area (Å²) in [6, 6.07) is 7.38. The fraction of sp³-hybridized carbons (Fsp3) is 0.500. The molecule has 0 unspecified atom stereocenters. The van der Waals surface area contributed by atoms with Gasteiger partial charge < -0.3 is 10.0 Å². The molecular weight excluding hydrogens is 268 g/mol. The Morgan fingerprint density at radius 2 is 1.67 bits per heavy atom. The normalized spacial score (nSPS) is 23.1. The minimum Gasteiger partial charge on any atom is -0.478 e. The van der Waals surface area contributed by atoms with Gasteiger partial charge in [-0.3, -0.25) is 9.69 Å². The molecule has 1 N–H and O–H groups in total. The summed E-state index contributed by atoms with van der Waals surface area (Å²) < 4.78 is 0. The second-order valence-electron chi connectivity index (χ2n) is 5.82. The first kappa shape index (κ1) is 15.5. The number of carboxylic acids is 1. The standard InChI is InChI=1S/C16H22N2O3/c1-11-8-17(9-12(2)18(11)13(3)19)10-14-4-6-15(7-5-14)16(20)21/h4-7,11-12H,8-10H2,1-3H3,(H,20,21)/t11-,12+. The van der Waals surface area contributed by atoms with Crippen molar-refractivity contribution in [2.24, 2.45) is 0 Å². The van der Waals surface area contributed by atoms with Crippen LogP contribution in [0.4, 0.5) is 0 Å². The summed E-state index contributed by atoms with van der Waals surface area (Å²) in [5, 5.41) is 8.90. The predicted molar refractivity (Wildman–Crippen MR) is 80.1 cm³/mol. The Labute approximate surface area is 125 Å². The maximum absolute atomic E-state index is 11.6. The fourth-order valence-electron chi connectivity index (χ4n) is 3.19. The van der Waals surface area contributed by atoms with E-state index < -0.39 is 5.97 Å². The highest BCUT2D eigenvalue weighted by atomic mass is 16.4. The molecule has 0 aliphatic carbocycles. The lowest BCUT2D eigenvalue weighted by Crippen LogP contribution is -2.57. The van der Waals surface area contributed by atoms with Crippen molar-refractivity contribution in [1.82, 2.24) is 9.80 Å². The van der Waals surface area contributed by atoms with Crippen LogP contribution >= 0.6 is 0 Å². The summed E-state index contributed by atoms with van der Waals surface area (Å²) in [4.78, 5) is 26.7. The molecule has 1 fully saturated rings. The van der Waals surface area contributed by atoms with Gasteiger partial charge >= 0.3 is 5.97 Å². The van der Waals surface area contributed by atoms with Gasteiger partial charge in [-0.1, -0.05) is 12.1 Å². The van der Waals surface area contributed by atoms with Crippen LogP contribution in [0.2, 0.25) is 0 Å². The quantitative estimate of drug-likeness (QED) is 0.922. The Bertz CT molecular complexity index is 515. The summed E-state index contributed by atoms with van der Waals surface area (Å²) in [6.45, 7) is 8.21. The average molecular weight is 290 g/mol. The van der Waals surface area contributed by atoms with Crippen LogP contribution in [0.25, 0.3) is 0 Å². The molecular formula is C16H22N2O3. The minimum atomic E-state index is -0.904. The third-order valence-corrected chi connectivity index (χ3v) is 3.97. The van der Waals surface area contributed by atoms with E-state index in [4.69, 9.17) is 5.11 Å². The first-order chi connectivity index (χ1) is 9.88. The molecule has 0 spiro atoms. The van der Waals surface area contributed by atoms with Gasteiger partial charge in [0.05, 0.1) is 5.56 Å². The molecule has 1 aromatic rings. The molecule has 2 atom stereocenters. The van der Waals surface area contributed by atoms with E-state index in [1.165, 1.54) is 0 Å². The van der Waals surface area contributed by atoms with Crippen LogP contribution in [0.15, 0.2) is 24.3 Å². The van der Waals surface area contributed by atoms with Gasteiger partial charge in [0.25, 0.3) is 0 Å². The van der Waals surface area contributed by atoms with Crippen LogP contribution in [0.1, 0.15) is 36.7 Å². The first-order valence-electron chi connectivity index (χ1n) is 7.22. The van der Waals surface area contributed by atoms with Gasteiger partial charge in [-0.2, -0.15) is 0 Å². The Morgan fingerprint density at radius 3 is 2.10 bits per heavy atom. The number of carboxylic acid groups (broad SMARTS) is 1. The van der Waals surface area contributed by atoms with E-state index in [2.05, 4.69) is 18.7 Å². The van der Waals surface area contributed by atoms with Gasteiger partial charge in [-0.25, -0.2) is 4.79 Å². The smallest absolute Gasteiger partial charge is 0.335 e. The van der Waals surface area contributed by atoms with Crippen LogP contribution in [0.5, 0.6) is 0 Å². The van der Waals surface area contributed by atoms with Crippen LogP contribution in [0.3, 0.4) is 0 Å². The zero-order chi connectivity index (χ0) is 15.6. The van der Waals surface area contributed by atoms with Crippen LogP contribution in [0, 0.1) is 0 Å². The first-order valence-corrected chi connectivity index (χ1v) is 7.22. The van der Waals surface area contributed by atoms with E-state index >= 15 is 0 Å². The summed E-state index contributed by atoms with van der Waals surface area (Å²) in [6.07, 6.45) is 0. The third kappa shape index (κ3) is 3.61. The lowest BCUT2D eigenvalue weighted by Gasteiger charge is -2.44. The van der Waals surface area contributed by atoms with E-state index in [9.17, 15) is 9.59 Å².